The minimum atomic E-state index is -0.403. The van der Waals surface area contributed by atoms with Crippen molar-refractivity contribution < 1.29 is 4.74 Å². The summed E-state index contributed by atoms with van der Waals surface area (Å²) in [5.74, 6) is 1.03. The number of ether oxygens (including phenoxy) is 1. The van der Waals surface area contributed by atoms with Gasteiger partial charge in [0.2, 0.25) is 0 Å². The van der Waals surface area contributed by atoms with Crippen LogP contribution in [0.2, 0.25) is 0 Å². The molecule has 0 bridgehead atoms. The molecule has 2 rings (SSSR count). The number of benzene rings is 1. The van der Waals surface area contributed by atoms with Gasteiger partial charge in [-0.05, 0) is 44.5 Å². The van der Waals surface area contributed by atoms with E-state index in [-0.39, 0.29) is 0 Å². The second-order valence-electron chi connectivity index (χ2n) is 5.38. The van der Waals surface area contributed by atoms with Gasteiger partial charge in [0.25, 0.3) is 0 Å². The van der Waals surface area contributed by atoms with Gasteiger partial charge in [-0.2, -0.15) is 5.26 Å². The van der Waals surface area contributed by atoms with Crippen molar-refractivity contribution in [2.45, 2.75) is 32.2 Å². The molecule has 1 aromatic carbocycles. The zero-order chi connectivity index (χ0) is 13.2. The summed E-state index contributed by atoms with van der Waals surface area (Å²) in [6, 6.07) is 8.74. The number of fused-ring (bicyclic) bond motifs is 1. The third kappa shape index (κ3) is 2.65. The van der Waals surface area contributed by atoms with Gasteiger partial charge < -0.3 is 4.74 Å². The predicted octanol–water partition coefficient (Wildman–Crippen LogP) is 2.40. The summed E-state index contributed by atoms with van der Waals surface area (Å²) in [5, 5.41) is 9.08. The van der Waals surface area contributed by atoms with E-state index in [2.05, 4.69) is 29.2 Å². The Kier molecular flexibility index (Phi) is 3.58. The van der Waals surface area contributed by atoms with Gasteiger partial charge in [0.1, 0.15) is 11.3 Å². The van der Waals surface area contributed by atoms with E-state index in [4.69, 9.17) is 10.00 Å². The van der Waals surface area contributed by atoms with Crippen LogP contribution in [0.4, 0.5) is 0 Å². The third-order valence-electron chi connectivity index (χ3n) is 3.72. The van der Waals surface area contributed by atoms with Gasteiger partial charge in [-0.3, -0.25) is 4.90 Å². The average Bonchev–Trinajstić information content (AvgIpc) is 2.83. The number of likely N-dealkylation sites (N-methyl/N-ethyl adjacent to an activating group) is 1. The Bertz CT molecular complexity index is 474. The van der Waals surface area contributed by atoms with Crippen LogP contribution >= 0.6 is 0 Å². The molecule has 0 amide bonds. The smallest absolute Gasteiger partial charge is 0.122 e. The van der Waals surface area contributed by atoms with Gasteiger partial charge >= 0.3 is 0 Å². The van der Waals surface area contributed by atoms with Gasteiger partial charge in [0.05, 0.1) is 12.7 Å². The minimum Gasteiger partial charge on any atom is -0.493 e. The number of nitrogens with zero attached hydrogens (tertiary/aromatic N) is 2. The van der Waals surface area contributed by atoms with E-state index in [9.17, 15) is 0 Å². The molecule has 0 atom stereocenters. The van der Waals surface area contributed by atoms with Crippen molar-refractivity contribution in [2.75, 3.05) is 20.2 Å². The van der Waals surface area contributed by atoms with E-state index in [0.717, 1.165) is 31.7 Å². The predicted molar refractivity (Wildman–Crippen MR) is 71.7 cm³/mol. The average molecular weight is 244 g/mol. The lowest BCUT2D eigenvalue weighted by Crippen LogP contribution is -2.40. The van der Waals surface area contributed by atoms with Crippen LogP contribution in [0, 0.1) is 11.3 Å². The first-order valence-electron chi connectivity index (χ1n) is 6.40. The molecule has 1 aromatic rings. The molecular weight excluding hydrogens is 224 g/mol. The maximum atomic E-state index is 9.08. The Hall–Kier alpha value is -1.53. The Labute approximate surface area is 109 Å². The van der Waals surface area contributed by atoms with E-state index in [1.807, 2.05) is 20.9 Å². The van der Waals surface area contributed by atoms with E-state index < -0.39 is 5.54 Å². The Morgan fingerprint density at radius 2 is 2.22 bits per heavy atom. The zero-order valence-electron chi connectivity index (χ0n) is 11.4. The molecule has 0 unspecified atom stereocenters. The van der Waals surface area contributed by atoms with E-state index in [1.165, 1.54) is 11.1 Å². The van der Waals surface area contributed by atoms with Crippen LogP contribution in [-0.2, 0) is 12.8 Å². The second-order valence-corrected chi connectivity index (χ2v) is 5.38. The molecule has 96 valence electrons. The van der Waals surface area contributed by atoms with Crippen LogP contribution in [-0.4, -0.2) is 30.6 Å². The van der Waals surface area contributed by atoms with Crippen molar-refractivity contribution >= 4 is 0 Å². The highest BCUT2D eigenvalue weighted by Crippen LogP contribution is 2.26. The van der Waals surface area contributed by atoms with Crippen molar-refractivity contribution in [3.05, 3.63) is 29.3 Å². The largest absolute Gasteiger partial charge is 0.493 e. The Morgan fingerprint density at radius 1 is 1.44 bits per heavy atom. The zero-order valence-corrected chi connectivity index (χ0v) is 11.4. The molecule has 0 saturated carbocycles. The summed E-state index contributed by atoms with van der Waals surface area (Å²) in [4.78, 5) is 2.09. The second kappa shape index (κ2) is 4.99. The van der Waals surface area contributed by atoms with Gasteiger partial charge in [-0.15, -0.1) is 0 Å². The third-order valence-corrected chi connectivity index (χ3v) is 3.72. The normalized spacial score (nSPS) is 14.2. The van der Waals surface area contributed by atoms with E-state index in [1.54, 1.807) is 0 Å². The maximum Gasteiger partial charge on any atom is 0.122 e. The molecule has 1 aliphatic heterocycles. The van der Waals surface area contributed by atoms with Crippen LogP contribution < -0.4 is 4.74 Å². The number of rotatable bonds is 4. The van der Waals surface area contributed by atoms with Crippen molar-refractivity contribution in [1.82, 2.24) is 4.90 Å². The summed E-state index contributed by atoms with van der Waals surface area (Å²) in [6.07, 6.45) is 1.98. The highest BCUT2D eigenvalue weighted by atomic mass is 16.5. The number of nitriles is 1. The van der Waals surface area contributed by atoms with Crippen molar-refractivity contribution in [2.24, 2.45) is 0 Å². The lowest BCUT2D eigenvalue weighted by atomic mass is 10.0. The molecule has 0 aliphatic carbocycles. The molecule has 0 spiro atoms. The van der Waals surface area contributed by atoms with Gasteiger partial charge in [0.15, 0.2) is 0 Å². The number of hydrogen-bond acceptors (Lipinski definition) is 3. The lowest BCUT2D eigenvalue weighted by Gasteiger charge is -2.28. The molecule has 0 N–H and O–H groups in total. The molecule has 1 aliphatic rings. The number of hydrogen-bond donors (Lipinski definition) is 0. The van der Waals surface area contributed by atoms with Crippen LogP contribution in [0.25, 0.3) is 0 Å². The SMILES string of the molecule is CN(CCc1ccc2c(c1)CCO2)C(C)(C)C#N. The topological polar surface area (TPSA) is 36.3 Å². The summed E-state index contributed by atoms with van der Waals surface area (Å²) >= 11 is 0. The van der Waals surface area contributed by atoms with Gasteiger partial charge in [0, 0.05) is 13.0 Å². The van der Waals surface area contributed by atoms with Crippen molar-refractivity contribution in [3.63, 3.8) is 0 Å². The first kappa shape index (κ1) is 12.9. The van der Waals surface area contributed by atoms with Gasteiger partial charge in [-0.1, -0.05) is 12.1 Å². The van der Waals surface area contributed by atoms with Crippen molar-refractivity contribution in [1.29, 1.82) is 5.26 Å². The Balaban J connectivity index is 1.97. The molecule has 0 saturated heterocycles. The minimum absolute atomic E-state index is 0.403. The van der Waals surface area contributed by atoms with Gasteiger partial charge in [-0.25, -0.2) is 0 Å². The summed E-state index contributed by atoms with van der Waals surface area (Å²) in [7, 11) is 2.00. The lowest BCUT2D eigenvalue weighted by molar-refractivity contribution is 0.214. The molecular formula is C15H20N2O. The van der Waals surface area contributed by atoms with Crippen LogP contribution in [0.15, 0.2) is 18.2 Å². The summed E-state index contributed by atoms with van der Waals surface area (Å²) in [6.45, 7) is 5.59. The molecule has 18 heavy (non-hydrogen) atoms. The van der Waals surface area contributed by atoms with E-state index >= 15 is 0 Å². The standard InChI is InChI=1S/C15H20N2O/c1-15(2,11-16)17(3)8-6-12-4-5-14-13(10-12)7-9-18-14/h4-5,10H,6-9H2,1-3H3. The summed E-state index contributed by atoms with van der Waals surface area (Å²) in [5.41, 5.74) is 2.23. The highest BCUT2D eigenvalue weighted by Gasteiger charge is 2.22. The summed E-state index contributed by atoms with van der Waals surface area (Å²) < 4.78 is 5.50. The molecule has 0 aromatic heterocycles. The van der Waals surface area contributed by atoms with Crippen LogP contribution in [0.1, 0.15) is 25.0 Å². The van der Waals surface area contributed by atoms with Crippen LogP contribution in [0.5, 0.6) is 5.75 Å². The molecule has 1 heterocycles. The fourth-order valence-electron chi connectivity index (χ4n) is 2.06. The fourth-order valence-corrected chi connectivity index (χ4v) is 2.06. The molecule has 0 radical (unpaired) electrons. The van der Waals surface area contributed by atoms with Crippen LogP contribution in [0.3, 0.4) is 0 Å². The first-order valence-corrected chi connectivity index (χ1v) is 6.40. The first-order chi connectivity index (χ1) is 8.53. The van der Waals surface area contributed by atoms with E-state index in [0.29, 0.717) is 0 Å². The molecule has 3 heteroatoms. The maximum absolute atomic E-state index is 9.08. The van der Waals surface area contributed by atoms with Crippen molar-refractivity contribution in [3.8, 4) is 11.8 Å². The molecule has 3 nitrogen and oxygen atoms in total. The fraction of sp³-hybridized carbons (Fsp3) is 0.533. The molecule has 0 fully saturated rings. The highest BCUT2D eigenvalue weighted by molar-refractivity contribution is 5.39. The quantitative estimate of drug-likeness (QED) is 0.816. The monoisotopic (exact) mass is 244 g/mol. The Morgan fingerprint density at radius 3 is 2.94 bits per heavy atom.